The molecule has 0 aliphatic rings. The number of ether oxygens (including phenoxy) is 1. The molecule has 0 spiro atoms. The summed E-state index contributed by atoms with van der Waals surface area (Å²) in [5.74, 6) is 0.0957. The molecule has 0 radical (unpaired) electrons. The van der Waals surface area contributed by atoms with Gasteiger partial charge < -0.3 is 4.74 Å². The van der Waals surface area contributed by atoms with Crippen molar-refractivity contribution in [1.82, 2.24) is 4.98 Å². The summed E-state index contributed by atoms with van der Waals surface area (Å²) in [5.41, 5.74) is -0.542. The van der Waals surface area contributed by atoms with Crippen molar-refractivity contribution < 1.29 is 18.3 Å². The van der Waals surface area contributed by atoms with E-state index in [0.717, 1.165) is 6.20 Å². The summed E-state index contributed by atoms with van der Waals surface area (Å²) in [4.78, 5) is 14.3. The van der Waals surface area contributed by atoms with Gasteiger partial charge in [-0.25, -0.2) is 13.8 Å². The maximum Gasteiger partial charge on any atom is 0.266 e. The molecule has 1 aromatic rings. The maximum atomic E-state index is 12.4. The first kappa shape index (κ1) is 11.3. The van der Waals surface area contributed by atoms with Crippen LogP contribution in [0.25, 0.3) is 0 Å². The molecular formula is C8H6F2INO2. The zero-order valence-electron chi connectivity index (χ0n) is 7.13. The third kappa shape index (κ3) is 1.99. The standard InChI is InChI=1S/C8H6F2INO2/c1-14-6-5(3-13)4(7(9)10)2-12-8(6)11/h2-3,7H,1H3. The number of pyridine rings is 1. The quantitative estimate of drug-likeness (QED) is 0.489. The maximum absolute atomic E-state index is 12.4. The van der Waals surface area contributed by atoms with Crippen molar-refractivity contribution >= 4 is 28.9 Å². The second-order valence-electron chi connectivity index (χ2n) is 2.37. The van der Waals surface area contributed by atoms with Gasteiger partial charge in [0, 0.05) is 6.20 Å². The highest BCUT2D eigenvalue weighted by Crippen LogP contribution is 2.30. The fourth-order valence-corrected chi connectivity index (χ4v) is 1.64. The fraction of sp³-hybridized carbons (Fsp3) is 0.250. The number of hydrogen-bond acceptors (Lipinski definition) is 3. The Kier molecular flexibility index (Phi) is 3.73. The molecule has 0 aliphatic heterocycles. The van der Waals surface area contributed by atoms with Crippen molar-refractivity contribution in [2.45, 2.75) is 6.43 Å². The summed E-state index contributed by atoms with van der Waals surface area (Å²) in [6.45, 7) is 0. The van der Waals surface area contributed by atoms with Crippen molar-refractivity contribution in [2.24, 2.45) is 0 Å². The van der Waals surface area contributed by atoms with E-state index in [2.05, 4.69) is 4.98 Å². The van der Waals surface area contributed by atoms with Crippen LogP contribution in [0.5, 0.6) is 5.75 Å². The number of nitrogens with zero attached hydrogens (tertiary/aromatic N) is 1. The number of halogens is 3. The summed E-state index contributed by atoms with van der Waals surface area (Å²) >= 11 is 1.81. The van der Waals surface area contributed by atoms with Crippen LogP contribution in [-0.4, -0.2) is 18.4 Å². The van der Waals surface area contributed by atoms with Gasteiger partial charge in [0.25, 0.3) is 6.43 Å². The molecular weight excluding hydrogens is 307 g/mol. The summed E-state index contributed by atoms with van der Waals surface area (Å²) in [6.07, 6.45) is -1.39. The monoisotopic (exact) mass is 313 g/mol. The summed E-state index contributed by atoms with van der Waals surface area (Å²) in [5, 5.41) is 0. The van der Waals surface area contributed by atoms with Gasteiger partial charge >= 0.3 is 0 Å². The lowest BCUT2D eigenvalue weighted by Gasteiger charge is -2.09. The van der Waals surface area contributed by atoms with Gasteiger partial charge in [0.15, 0.2) is 12.0 Å². The van der Waals surface area contributed by atoms with Gasteiger partial charge in [0.1, 0.15) is 3.70 Å². The molecule has 0 amide bonds. The van der Waals surface area contributed by atoms with Gasteiger partial charge in [0.05, 0.1) is 18.2 Å². The van der Waals surface area contributed by atoms with E-state index in [4.69, 9.17) is 4.74 Å². The van der Waals surface area contributed by atoms with Crippen molar-refractivity contribution in [2.75, 3.05) is 7.11 Å². The lowest BCUT2D eigenvalue weighted by molar-refractivity contribution is 0.110. The lowest BCUT2D eigenvalue weighted by Crippen LogP contribution is -2.02. The number of rotatable bonds is 3. The third-order valence-corrected chi connectivity index (χ3v) is 2.39. The highest BCUT2D eigenvalue weighted by Gasteiger charge is 2.19. The zero-order chi connectivity index (χ0) is 10.7. The molecule has 1 heterocycles. The molecule has 0 aliphatic carbocycles. The Labute approximate surface area is 92.6 Å². The smallest absolute Gasteiger partial charge is 0.266 e. The van der Waals surface area contributed by atoms with E-state index in [1.54, 1.807) is 0 Å². The molecule has 0 saturated heterocycles. The van der Waals surface area contributed by atoms with E-state index in [1.165, 1.54) is 7.11 Å². The number of aromatic nitrogens is 1. The first-order valence-corrected chi connectivity index (χ1v) is 4.65. The topological polar surface area (TPSA) is 39.2 Å². The molecule has 1 aromatic heterocycles. The van der Waals surface area contributed by atoms with Crippen LogP contribution < -0.4 is 4.74 Å². The molecule has 0 atom stereocenters. The molecule has 0 unspecified atom stereocenters. The molecule has 0 N–H and O–H groups in total. The molecule has 6 heteroatoms. The SMILES string of the molecule is COc1c(I)ncc(C(F)F)c1C=O. The summed E-state index contributed by atoms with van der Waals surface area (Å²) < 4.78 is 30.0. The average Bonchev–Trinajstić information content (AvgIpc) is 2.16. The molecule has 0 aromatic carbocycles. The van der Waals surface area contributed by atoms with Crippen LogP contribution in [0.2, 0.25) is 0 Å². The molecule has 76 valence electrons. The van der Waals surface area contributed by atoms with Gasteiger partial charge in [-0.2, -0.15) is 0 Å². The predicted octanol–water partition coefficient (Wildman–Crippen LogP) is 2.44. The molecule has 1 rings (SSSR count). The van der Waals surface area contributed by atoms with E-state index in [-0.39, 0.29) is 11.3 Å². The number of carbonyl (C=O) groups excluding carboxylic acids is 1. The van der Waals surface area contributed by atoms with Crippen molar-refractivity contribution in [3.05, 3.63) is 21.0 Å². The fourth-order valence-electron chi connectivity index (χ4n) is 0.986. The van der Waals surface area contributed by atoms with Crippen LogP contribution in [0.4, 0.5) is 8.78 Å². The normalized spacial score (nSPS) is 10.4. The summed E-state index contributed by atoms with van der Waals surface area (Å²) in [6, 6.07) is 0. The van der Waals surface area contributed by atoms with Crippen LogP contribution >= 0.6 is 22.6 Å². The van der Waals surface area contributed by atoms with Crippen LogP contribution in [0.3, 0.4) is 0 Å². The van der Waals surface area contributed by atoms with E-state index in [0.29, 0.717) is 9.99 Å². The Morgan fingerprint density at radius 2 is 2.29 bits per heavy atom. The minimum Gasteiger partial charge on any atom is -0.493 e. The molecule has 14 heavy (non-hydrogen) atoms. The van der Waals surface area contributed by atoms with E-state index in [1.807, 2.05) is 22.6 Å². The number of methoxy groups -OCH3 is 1. The largest absolute Gasteiger partial charge is 0.493 e. The summed E-state index contributed by atoms with van der Waals surface area (Å²) in [7, 11) is 1.31. The third-order valence-electron chi connectivity index (χ3n) is 1.62. The minimum absolute atomic E-state index is 0.0957. The Hall–Kier alpha value is -0.790. The van der Waals surface area contributed by atoms with Crippen LogP contribution in [0, 0.1) is 3.70 Å². The predicted molar refractivity (Wildman–Crippen MR) is 53.9 cm³/mol. The Morgan fingerprint density at radius 1 is 1.64 bits per heavy atom. The average molecular weight is 313 g/mol. The number of hydrogen-bond donors (Lipinski definition) is 0. The number of aldehydes is 1. The zero-order valence-corrected chi connectivity index (χ0v) is 9.29. The Morgan fingerprint density at radius 3 is 2.71 bits per heavy atom. The molecule has 3 nitrogen and oxygen atoms in total. The van der Waals surface area contributed by atoms with Gasteiger partial charge in [-0.05, 0) is 22.6 Å². The van der Waals surface area contributed by atoms with Crippen molar-refractivity contribution in [3.63, 3.8) is 0 Å². The molecule has 0 fully saturated rings. The Balaban J connectivity index is 3.40. The first-order chi connectivity index (χ1) is 6.61. The van der Waals surface area contributed by atoms with Crippen molar-refractivity contribution in [3.8, 4) is 5.75 Å². The second-order valence-corrected chi connectivity index (χ2v) is 3.39. The highest BCUT2D eigenvalue weighted by atomic mass is 127. The van der Waals surface area contributed by atoms with Gasteiger partial charge in [-0.3, -0.25) is 4.79 Å². The molecule has 0 bridgehead atoms. The van der Waals surface area contributed by atoms with Gasteiger partial charge in [-0.15, -0.1) is 0 Å². The van der Waals surface area contributed by atoms with E-state index in [9.17, 15) is 13.6 Å². The number of alkyl halides is 2. The second kappa shape index (κ2) is 4.63. The van der Waals surface area contributed by atoms with Crippen LogP contribution in [0.1, 0.15) is 22.3 Å². The van der Waals surface area contributed by atoms with E-state index >= 15 is 0 Å². The van der Waals surface area contributed by atoms with E-state index < -0.39 is 12.0 Å². The van der Waals surface area contributed by atoms with Crippen LogP contribution in [-0.2, 0) is 0 Å². The minimum atomic E-state index is -2.73. The Bertz CT molecular complexity index is 357. The molecule has 0 saturated carbocycles. The van der Waals surface area contributed by atoms with Gasteiger partial charge in [-0.1, -0.05) is 0 Å². The highest BCUT2D eigenvalue weighted by molar-refractivity contribution is 14.1. The van der Waals surface area contributed by atoms with Crippen LogP contribution in [0.15, 0.2) is 6.20 Å². The van der Waals surface area contributed by atoms with Gasteiger partial charge in [0.2, 0.25) is 0 Å². The number of carbonyl (C=O) groups is 1. The lowest BCUT2D eigenvalue weighted by atomic mass is 10.1. The van der Waals surface area contributed by atoms with Crippen molar-refractivity contribution in [1.29, 1.82) is 0 Å². The first-order valence-electron chi connectivity index (χ1n) is 3.57.